The molecule has 1 heterocycles. The van der Waals surface area contributed by atoms with Crippen molar-refractivity contribution < 1.29 is 4.74 Å². The molecule has 0 aliphatic carbocycles. The SMILES string of the molecule is CCOC(=S)Cc1nc(Cl)cc(N(C)C)n1. The second-order valence-corrected chi connectivity index (χ2v) is 4.18. The molecule has 0 aromatic carbocycles. The lowest BCUT2D eigenvalue weighted by Gasteiger charge is -2.12. The van der Waals surface area contributed by atoms with Crippen LogP contribution in [0.2, 0.25) is 5.15 Å². The average Bonchev–Trinajstić information content (AvgIpc) is 2.16. The summed E-state index contributed by atoms with van der Waals surface area (Å²) in [6, 6.07) is 1.70. The molecule has 0 fully saturated rings. The third-order valence-corrected chi connectivity index (χ3v) is 2.25. The van der Waals surface area contributed by atoms with Gasteiger partial charge in [0, 0.05) is 20.2 Å². The summed E-state index contributed by atoms with van der Waals surface area (Å²) in [6.07, 6.45) is 0.407. The Hall–Kier alpha value is -0.940. The first kappa shape index (κ1) is 13.1. The number of aromatic nitrogens is 2. The minimum Gasteiger partial charge on any atom is -0.487 e. The Bertz CT molecular complexity index is 384. The first-order valence-electron chi connectivity index (χ1n) is 4.89. The maximum Gasteiger partial charge on any atom is 0.167 e. The van der Waals surface area contributed by atoms with E-state index in [1.807, 2.05) is 25.9 Å². The van der Waals surface area contributed by atoms with E-state index in [1.54, 1.807) is 6.07 Å². The van der Waals surface area contributed by atoms with Gasteiger partial charge in [-0.1, -0.05) is 11.6 Å². The van der Waals surface area contributed by atoms with Crippen molar-refractivity contribution >= 4 is 34.7 Å². The van der Waals surface area contributed by atoms with Crippen LogP contribution in [0, 0.1) is 0 Å². The Morgan fingerprint density at radius 2 is 2.19 bits per heavy atom. The van der Waals surface area contributed by atoms with Gasteiger partial charge < -0.3 is 9.64 Å². The molecule has 0 N–H and O–H groups in total. The standard InChI is InChI=1S/C10H14ClN3OS/c1-4-15-10(16)6-8-12-7(11)5-9(13-8)14(2)3/h5H,4,6H2,1-3H3. The molecule has 1 aromatic rings. The van der Waals surface area contributed by atoms with E-state index in [1.165, 1.54) is 0 Å². The Morgan fingerprint density at radius 1 is 1.50 bits per heavy atom. The monoisotopic (exact) mass is 259 g/mol. The van der Waals surface area contributed by atoms with Crippen LogP contribution in [-0.4, -0.2) is 35.7 Å². The molecule has 16 heavy (non-hydrogen) atoms. The van der Waals surface area contributed by atoms with Gasteiger partial charge in [0.2, 0.25) is 0 Å². The van der Waals surface area contributed by atoms with Gasteiger partial charge >= 0.3 is 0 Å². The van der Waals surface area contributed by atoms with Crippen molar-refractivity contribution in [3.63, 3.8) is 0 Å². The van der Waals surface area contributed by atoms with Gasteiger partial charge in [0.1, 0.15) is 16.8 Å². The number of rotatable bonds is 4. The summed E-state index contributed by atoms with van der Waals surface area (Å²) in [6.45, 7) is 2.44. The number of anilines is 1. The van der Waals surface area contributed by atoms with Crippen molar-refractivity contribution in [2.75, 3.05) is 25.6 Å². The van der Waals surface area contributed by atoms with E-state index in [-0.39, 0.29) is 0 Å². The number of ether oxygens (including phenoxy) is 1. The fraction of sp³-hybridized carbons (Fsp3) is 0.500. The van der Waals surface area contributed by atoms with Crippen LogP contribution in [0.1, 0.15) is 12.7 Å². The number of thiocarbonyl (C=S) groups is 1. The zero-order valence-corrected chi connectivity index (χ0v) is 11.1. The first-order valence-corrected chi connectivity index (χ1v) is 5.68. The Labute approximate surface area is 106 Å². The highest BCUT2D eigenvalue weighted by Gasteiger charge is 2.07. The third kappa shape index (κ3) is 3.90. The first-order chi connectivity index (χ1) is 7.52. The van der Waals surface area contributed by atoms with Crippen LogP contribution in [0.15, 0.2) is 6.07 Å². The molecule has 6 heteroatoms. The molecule has 1 aromatic heterocycles. The molecule has 1 rings (SSSR count). The molecule has 0 amide bonds. The summed E-state index contributed by atoms with van der Waals surface area (Å²) in [7, 11) is 3.78. The second-order valence-electron chi connectivity index (χ2n) is 3.34. The molecular weight excluding hydrogens is 246 g/mol. The summed E-state index contributed by atoms with van der Waals surface area (Å²) in [5.74, 6) is 1.34. The number of hydrogen-bond donors (Lipinski definition) is 0. The highest BCUT2D eigenvalue weighted by atomic mass is 35.5. The van der Waals surface area contributed by atoms with E-state index in [9.17, 15) is 0 Å². The molecule has 0 atom stereocenters. The minimum atomic E-state index is 0.407. The molecule has 0 aliphatic rings. The van der Waals surface area contributed by atoms with E-state index >= 15 is 0 Å². The van der Waals surface area contributed by atoms with Crippen molar-refractivity contribution in [2.45, 2.75) is 13.3 Å². The minimum absolute atomic E-state index is 0.407. The van der Waals surface area contributed by atoms with E-state index in [0.29, 0.717) is 29.1 Å². The zero-order valence-electron chi connectivity index (χ0n) is 9.53. The molecule has 0 unspecified atom stereocenters. The van der Waals surface area contributed by atoms with Crippen LogP contribution in [0.3, 0.4) is 0 Å². The Balaban J connectivity index is 2.84. The lowest BCUT2D eigenvalue weighted by atomic mass is 10.4. The van der Waals surface area contributed by atoms with Crippen LogP contribution >= 0.6 is 23.8 Å². The second kappa shape index (κ2) is 5.96. The molecule has 0 spiro atoms. The average molecular weight is 260 g/mol. The van der Waals surface area contributed by atoms with Gasteiger partial charge in [0.05, 0.1) is 13.0 Å². The van der Waals surface area contributed by atoms with Crippen molar-refractivity contribution in [1.29, 1.82) is 0 Å². The van der Waals surface area contributed by atoms with Gasteiger partial charge in [-0.25, -0.2) is 9.97 Å². The Morgan fingerprint density at radius 3 is 2.75 bits per heavy atom. The van der Waals surface area contributed by atoms with Crippen LogP contribution in [0.4, 0.5) is 5.82 Å². The lowest BCUT2D eigenvalue weighted by molar-refractivity contribution is 0.329. The molecule has 0 saturated heterocycles. The summed E-state index contributed by atoms with van der Waals surface area (Å²) < 4.78 is 5.18. The summed E-state index contributed by atoms with van der Waals surface area (Å²) in [5.41, 5.74) is 0. The van der Waals surface area contributed by atoms with Crippen LogP contribution < -0.4 is 4.90 Å². The predicted octanol–water partition coefficient (Wildman–Crippen LogP) is 2.10. The normalized spacial score (nSPS) is 10.0. The van der Waals surface area contributed by atoms with Crippen LogP contribution in [0.5, 0.6) is 0 Å². The number of halogens is 1. The maximum atomic E-state index is 5.89. The van der Waals surface area contributed by atoms with E-state index in [0.717, 1.165) is 5.82 Å². The number of hydrogen-bond acceptors (Lipinski definition) is 5. The largest absolute Gasteiger partial charge is 0.487 e. The third-order valence-electron chi connectivity index (χ3n) is 1.79. The van der Waals surface area contributed by atoms with Gasteiger partial charge in [0.25, 0.3) is 0 Å². The van der Waals surface area contributed by atoms with E-state index in [2.05, 4.69) is 9.97 Å². The Kier molecular flexibility index (Phi) is 4.89. The van der Waals surface area contributed by atoms with E-state index < -0.39 is 0 Å². The van der Waals surface area contributed by atoms with Gasteiger partial charge in [0.15, 0.2) is 5.05 Å². The zero-order chi connectivity index (χ0) is 12.1. The molecule has 0 aliphatic heterocycles. The van der Waals surface area contributed by atoms with Crippen molar-refractivity contribution in [1.82, 2.24) is 9.97 Å². The van der Waals surface area contributed by atoms with Crippen molar-refractivity contribution in [3.05, 3.63) is 17.0 Å². The fourth-order valence-electron chi connectivity index (χ4n) is 1.10. The molecule has 4 nitrogen and oxygen atoms in total. The molecular formula is C10H14ClN3OS. The molecule has 0 bridgehead atoms. The topological polar surface area (TPSA) is 38.2 Å². The fourth-order valence-corrected chi connectivity index (χ4v) is 1.54. The quantitative estimate of drug-likeness (QED) is 0.612. The smallest absolute Gasteiger partial charge is 0.167 e. The lowest BCUT2D eigenvalue weighted by Crippen LogP contribution is -2.14. The van der Waals surface area contributed by atoms with Crippen LogP contribution in [0.25, 0.3) is 0 Å². The van der Waals surface area contributed by atoms with Crippen molar-refractivity contribution in [3.8, 4) is 0 Å². The van der Waals surface area contributed by atoms with Gasteiger partial charge in [-0.3, -0.25) is 0 Å². The van der Waals surface area contributed by atoms with E-state index in [4.69, 9.17) is 28.6 Å². The van der Waals surface area contributed by atoms with Gasteiger partial charge in [-0.05, 0) is 19.1 Å². The highest BCUT2D eigenvalue weighted by molar-refractivity contribution is 7.80. The molecule has 88 valence electrons. The van der Waals surface area contributed by atoms with Crippen molar-refractivity contribution in [2.24, 2.45) is 0 Å². The van der Waals surface area contributed by atoms with Gasteiger partial charge in [-0.15, -0.1) is 0 Å². The maximum absolute atomic E-state index is 5.89. The predicted molar refractivity (Wildman–Crippen MR) is 69.3 cm³/mol. The van der Waals surface area contributed by atoms with Crippen LogP contribution in [-0.2, 0) is 11.2 Å². The summed E-state index contributed by atoms with van der Waals surface area (Å²) in [4.78, 5) is 10.3. The molecule has 0 saturated carbocycles. The highest BCUT2D eigenvalue weighted by Crippen LogP contribution is 2.14. The number of nitrogens with zero attached hydrogens (tertiary/aromatic N) is 3. The summed E-state index contributed by atoms with van der Waals surface area (Å²) in [5, 5.41) is 0.891. The van der Waals surface area contributed by atoms with Gasteiger partial charge in [-0.2, -0.15) is 0 Å². The summed E-state index contributed by atoms with van der Waals surface area (Å²) >= 11 is 10.9. The molecule has 0 radical (unpaired) electrons.